The fraction of sp³-hybridized carbons (Fsp3) is 0.240. The summed E-state index contributed by atoms with van der Waals surface area (Å²) in [4.78, 5) is 13.0. The van der Waals surface area contributed by atoms with E-state index in [2.05, 4.69) is 5.32 Å². The highest BCUT2D eigenvalue weighted by Crippen LogP contribution is 2.26. The minimum atomic E-state index is -3.95. The van der Waals surface area contributed by atoms with Crippen LogP contribution >= 0.6 is 0 Å². The fourth-order valence-corrected chi connectivity index (χ4v) is 4.58. The minimum Gasteiger partial charge on any atom is -0.494 e. The average molecular weight is 453 g/mol. The molecule has 0 aliphatic heterocycles. The van der Waals surface area contributed by atoms with Crippen LogP contribution in [0.2, 0.25) is 0 Å². The van der Waals surface area contributed by atoms with Gasteiger partial charge in [0.15, 0.2) is 0 Å². The summed E-state index contributed by atoms with van der Waals surface area (Å²) in [5.41, 5.74) is 3.94. The molecule has 0 saturated heterocycles. The summed E-state index contributed by atoms with van der Waals surface area (Å²) in [5.74, 6) is 0.257. The predicted octanol–water partition coefficient (Wildman–Crippen LogP) is 4.84. The molecule has 0 radical (unpaired) electrons. The third-order valence-electron chi connectivity index (χ3n) is 5.12. The molecule has 0 heterocycles. The second-order valence-corrected chi connectivity index (χ2v) is 9.46. The Morgan fingerprint density at radius 3 is 2.16 bits per heavy atom. The summed E-state index contributed by atoms with van der Waals surface area (Å²) in [6, 6.07) is 18.9. The number of rotatable bonds is 8. The Bertz CT molecular complexity index is 1190. The van der Waals surface area contributed by atoms with E-state index in [-0.39, 0.29) is 11.4 Å². The van der Waals surface area contributed by atoms with E-state index in [1.54, 1.807) is 60.7 Å². The van der Waals surface area contributed by atoms with Crippen LogP contribution in [-0.4, -0.2) is 27.5 Å². The number of sulfonamides is 1. The molecule has 6 nitrogen and oxygen atoms in total. The molecule has 0 saturated carbocycles. The molecule has 3 aromatic rings. The van der Waals surface area contributed by atoms with E-state index < -0.39 is 15.9 Å². The molecule has 0 atom stereocenters. The maximum Gasteiger partial charge on any atom is 0.264 e. The zero-order valence-electron chi connectivity index (χ0n) is 18.8. The quantitative estimate of drug-likeness (QED) is 0.530. The zero-order valence-corrected chi connectivity index (χ0v) is 19.6. The number of carbonyl (C=O) groups excluding carboxylic acids is 1. The Balaban J connectivity index is 1.90. The Labute approximate surface area is 189 Å². The standard InChI is InChI=1S/C25H28N2O4S/c1-5-31-23-12-9-21(10-13-23)26-25(28)17-27(22-11-8-19(3)20(4)16-22)32(29,30)24-14-6-18(2)7-15-24/h6-16H,5,17H2,1-4H3,(H,26,28). The second-order valence-electron chi connectivity index (χ2n) is 7.60. The van der Waals surface area contributed by atoms with Gasteiger partial charge in [0, 0.05) is 5.69 Å². The van der Waals surface area contributed by atoms with Gasteiger partial charge in [0.05, 0.1) is 17.2 Å². The molecular weight excluding hydrogens is 424 g/mol. The average Bonchev–Trinajstić information content (AvgIpc) is 2.76. The Morgan fingerprint density at radius 1 is 0.906 bits per heavy atom. The van der Waals surface area contributed by atoms with E-state index in [4.69, 9.17) is 4.74 Å². The monoisotopic (exact) mass is 452 g/mol. The van der Waals surface area contributed by atoms with Crippen LogP contribution in [0.3, 0.4) is 0 Å². The van der Waals surface area contributed by atoms with Gasteiger partial charge >= 0.3 is 0 Å². The van der Waals surface area contributed by atoms with Crippen molar-refractivity contribution in [3.63, 3.8) is 0 Å². The van der Waals surface area contributed by atoms with Gasteiger partial charge in [-0.05, 0) is 87.4 Å². The first kappa shape index (κ1) is 23.3. The first-order valence-corrected chi connectivity index (χ1v) is 11.8. The number of nitrogens with zero attached hydrogens (tertiary/aromatic N) is 1. The highest BCUT2D eigenvalue weighted by Gasteiger charge is 2.27. The molecule has 7 heteroatoms. The van der Waals surface area contributed by atoms with Gasteiger partial charge in [0.1, 0.15) is 12.3 Å². The lowest BCUT2D eigenvalue weighted by atomic mass is 10.1. The molecule has 1 N–H and O–H groups in total. The maximum atomic E-state index is 13.5. The van der Waals surface area contributed by atoms with E-state index in [0.29, 0.717) is 23.7 Å². The maximum absolute atomic E-state index is 13.5. The smallest absolute Gasteiger partial charge is 0.264 e. The third kappa shape index (κ3) is 5.48. The first-order valence-electron chi connectivity index (χ1n) is 10.4. The van der Waals surface area contributed by atoms with E-state index in [9.17, 15) is 13.2 Å². The van der Waals surface area contributed by atoms with Crippen molar-refractivity contribution < 1.29 is 17.9 Å². The van der Waals surface area contributed by atoms with Gasteiger partial charge in [-0.1, -0.05) is 23.8 Å². The lowest BCUT2D eigenvalue weighted by molar-refractivity contribution is -0.114. The van der Waals surface area contributed by atoms with Crippen LogP contribution in [0, 0.1) is 20.8 Å². The zero-order chi connectivity index (χ0) is 23.3. The van der Waals surface area contributed by atoms with Crippen molar-refractivity contribution in [2.75, 3.05) is 22.8 Å². The molecule has 0 bridgehead atoms. The fourth-order valence-electron chi connectivity index (χ4n) is 3.17. The summed E-state index contributed by atoms with van der Waals surface area (Å²) in [7, 11) is -3.95. The van der Waals surface area contributed by atoms with Crippen molar-refractivity contribution in [1.29, 1.82) is 0 Å². The summed E-state index contributed by atoms with van der Waals surface area (Å²) >= 11 is 0. The van der Waals surface area contributed by atoms with Gasteiger partial charge in [-0.25, -0.2) is 8.42 Å². The number of nitrogens with one attached hydrogen (secondary N) is 1. The van der Waals surface area contributed by atoms with Gasteiger partial charge in [0.2, 0.25) is 5.91 Å². The SMILES string of the molecule is CCOc1ccc(NC(=O)CN(c2ccc(C)c(C)c2)S(=O)(=O)c2ccc(C)cc2)cc1. The number of ether oxygens (including phenoxy) is 1. The molecule has 0 aromatic heterocycles. The number of amides is 1. The topological polar surface area (TPSA) is 75.7 Å². The van der Waals surface area contributed by atoms with Crippen LogP contribution in [0.1, 0.15) is 23.6 Å². The lowest BCUT2D eigenvalue weighted by Gasteiger charge is -2.25. The van der Waals surface area contributed by atoms with Crippen molar-refractivity contribution in [3.8, 4) is 5.75 Å². The lowest BCUT2D eigenvalue weighted by Crippen LogP contribution is -2.38. The van der Waals surface area contributed by atoms with Gasteiger partial charge < -0.3 is 10.1 Å². The Hall–Kier alpha value is -3.32. The van der Waals surface area contributed by atoms with Gasteiger partial charge in [0.25, 0.3) is 10.0 Å². The third-order valence-corrected chi connectivity index (χ3v) is 6.91. The highest BCUT2D eigenvalue weighted by molar-refractivity contribution is 7.92. The number of benzene rings is 3. The number of hydrogen-bond acceptors (Lipinski definition) is 4. The number of carbonyl (C=O) groups is 1. The highest BCUT2D eigenvalue weighted by atomic mass is 32.2. The Morgan fingerprint density at radius 2 is 1.56 bits per heavy atom. The van der Waals surface area contributed by atoms with E-state index in [1.165, 1.54) is 0 Å². The van der Waals surface area contributed by atoms with Crippen molar-refractivity contribution in [3.05, 3.63) is 83.4 Å². The largest absolute Gasteiger partial charge is 0.494 e. The molecule has 32 heavy (non-hydrogen) atoms. The van der Waals surface area contributed by atoms with Gasteiger partial charge in [-0.15, -0.1) is 0 Å². The molecule has 0 spiro atoms. The second kappa shape index (κ2) is 9.87. The summed E-state index contributed by atoms with van der Waals surface area (Å²) in [6.45, 7) is 7.85. The molecule has 168 valence electrons. The number of hydrogen-bond donors (Lipinski definition) is 1. The minimum absolute atomic E-state index is 0.134. The van der Waals surface area contributed by atoms with Gasteiger partial charge in [-0.3, -0.25) is 9.10 Å². The van der Waals surface area contributed by atoms with Gasteiger partial charge in [-0.2, -0.15) is 0 Å². The van der Waals surface area contributed by atoms with Crippen molar-refractivity contribution in [2.24, 2.45) is 0 Å². The number of aryl methyl sites for hydroxylation is 3. The molecule has 0 aliphatic carbocycles. The van der Waals surface area contributed by atoms with Crippen molar-refractivity contribution >= 4 is 27.3 Å². The van der Waals surface area contributed by atoms with Crippen LogP contribution < -0.4 is 14.4 Å². The van der Waals surface area contributed by atoms with Crippen LogP contribution in [0.15, 0.2) is 71.6 Å². The van der Waals surface area contributed by atoms with Crippen LogP contribution in [0.25, 0.3) is 0 Å². The van der Waals surface area contributed by atoms with Crippen LogP contribution in [-0.2, 0) is 14.8 Å². The van der Waals surface area contributed by atoms with Crippen LogP contribution in [0.4, 0.5) is 11.4 Å². The molecule has 1 amide bonds. The first-order chi connectivity index (χ1) is 15.2. The van der Waals surface area contributed by atoms with Crippen LogP contribution in [0.5, 0.6) is 5.75 Å². The normalized spacial score (nSPS) is 11.1. The van der Waals surface area contributed by atoms with E-state index >= 15 is 0 Å². The summed E-state index contributed by atoms with van der Waals surface area (Å²) in [6.07, 6.45) is 0. The Kier molecular flexibility index (Phi) is 7.20. The van der Waals surface area contributed by atoms with Crippen molar-refractivity contribution in [2.45, 2.75) is 32.6 Å². The van der Waals surface area contributed by atoms with Crippen molar-refractivity contribution in [1.82, 2.24) is 0 Å². The summed E-state index contributed by atoms with van der Waals surface area (Å²) < 4.78 is 33.5. The van der Waals surface area contributed by atoms with E-state index in [1.807, 2.05) is 33.8 Å². The van der Waals surface area contributed by atoms with E-state index in [0.717, 1.165) is 21.0 Å². The number of anilines is 2. The molecule has 3 aromatic carbocycles. The summed E-state index contributed by atoms with van der Waals surface area (Å²) in [5, 5.41) is 2.77. The molecule has 0 aliphatic rings. The molecule has 3 rings (SSSR count). The molecule has 0 fully saturated rings. The molecule has 0 unspecified atom stereocenters. The predicted molar refractivity (Wildman–Crippen MR) is 128 cm³/mol. The molecular formula is C25H28N2O4S.